The Morgan fingerprint density at radius 2 is 2.20 bits per heavy atom. The summed E-state index contributed by atoms with van der Waals surface area (Å²) in [7, 11) is -3.24. The summed E-state index contributed by atoms with van der Waals surface area (Å²) in [5.74, 6) is -1.61. The number of aliphatic carboxylic acids is 1. The maximum absolute atomic E-state index is 11.9. The molecule has 114 valence electrons. The number of hydrogen-bond donors (Lipinski definition) is 2. The van der Waals surface area contributed by atoms with E-state index in [0.717, 1.165) is 0 Å². The fourth-order valence-electron chi connectivity index (χ4n) is 2.26. The number of sulfone groups is 1. The van der Waals surface area contributed by atoms with Gasteiger partial charge in [-0.05, 0) is 6.92 Å². The summed E-state index contributed by atoms with van der Waals surface area (Å²) in [4.78, 5) is 24.4. The third-order valence-electron chi connectivity index (χ3n) is 3.28. The van der Waals surface area contributed by atoms with E-state index in [4.69, 9.17) is 5.11 Å². The average molecular weight is 304 g/mol. The van der Waals surface area contributed by atoms with Gasteiger partial charge in [0.25, 0.3) is 0 Å². The first-order valence-electron chi connectivity index (χ1n) is 6.33. The van der Waals surface area contributed by atoms with Crippen molar-refractivity contribution in [2.75, 3.05) is 24.6 Å². The monoisotopic (exact) mass is 304 g/mol. The lowest BCUT2D eigenvalue weighted by Gasteiger charge is -2.38. The molecule has 1 saturated heterocycles. The molecule has 1 aliphatic rings. The first-order valence-corrected chi connectivity index (χ1v) is 8.15. The predicted octanol–water partition coefficient (Wildman–Crippen LogP) is -0.749. The van der Waals surface area contributed by atoms with Crippen molar-refractivity contribution in [2.24, 2.45) is 0 Å². The zero-order chi connectivity index (χ0) is 15.3. The van der Waals surface area contributed by atoms with Crippen LogP contribution in [0.4, 0.5) is 0 Å². The van der Waals surface area contributed by atoms with Crippen LogP contribution in [0.5, 0.6) is 0 Å². The van der Waals surface area contributed by atoms with Crippen molar-refractivity contribution in [3.05, 3.63) is 12.7 Å². The van der Waals surface area contributed by atoms with Crippen molar-refractivity contribution >= 4 is 21.7 Å². The van der Waals surface area contributed by atoms with E-state index in [1.165, 1.54) is 0 Å². The molecule has 2 atom stereocenters. The number of nitrogens with zero attached hydrogens (tertiary/aromatic N) is 1. The zero-order valence-electron chi connectivity index (χ0n) is 11.4. The number of nitrogens with one attached hydrogen (secondary N) is 1. The summed E-state index contributed by atoms with van der Waals surface area (Å²) in [6.45, 7) is 5.62. The van der Waals surface area contributed by atoms with Crippen LogP contribution in [0.25, 0.3) is 0 Å². The van der Waals surface area contributed by atoms with Crippen molar-refractivity contribution in [1.82, 2.24) is 10.2 Å². The largest absolute Gasteiger partial charge is 0.481 e. The highest BCUT2D eigenvalue weighted by Crippen LogP contribution is 2.18. The van der Waals surface area contributed by atoms with Crippen LogP contribution in [0.3, 0.4) is 0 Å². The molecule has 0 spiro atoms. The Hall–Kier alpha value is -1.41. The standard InChI is InChI=1S/C12H20N2O5S/c1-3-4-13-12(17)9(2)14-5-6-20(18,19)8-10(14)7-11(15)16/h3,9-10H,1,4-8H2,2H3,(H,13,17)(H,15,16). The van der Waals surface area contributed by atoms with Crippen molar-refractivity contribution in [1.29, 1.82) is 0 Å². The van der Waals surface area contributed by atoms with Gasteiger partial charge in [-0.1, -0.05) is 6.08 Å². The van der Waals surface area contributed by atoms with E-state index in [-0.39, 0.29) is 30.4 Å². The molecule has 1 aliphatic heterocycles. The van der Waals surface area contributed by atoms with Crippen LogP contribution in [0.15, 0.2) is 12.7 Å². The van der Waals surface area contributed by atoms with E-state index < -0.39 is 27.9 Å². The molecule has 0 bridgehead atoms. The van der Waals surface area contributed by atoms with E-state index in [2.05, 4.69) is 11.9 Å². The van der Waals surface area contributed by atoms with Crippen LogP contribution in [0, 0.1) is 0 Å². The highest BCUT2D eigenvalue weighted by molar-refractivity contribution is 7.91. The Labute approximate surface area is 118 Å². The lowest BCUT2D eigenvalue weighted by Crippen LogP contribution is -2.56. The highest BCUT2D eigenvalue weighted by atomic mass is 32.2. The molecule has 2 unspecified atom stereocenters. The molecular weight excluding hydrogens is 284 g/mol. The van der Waals surface area contributed by atoms with E-state index in [9.17, 15) is 18.0 Å². The predicted molar refractivity (Wildman–Crippen MR) is 74.1 cm³/mol. The van der Waals surface area contributed by atoms with Gasteiger partial charge in [-0.3, -0.25) is 14.5 Å². The second-order valence-corrected chi connectivity index (χ2v) is 7.04. The smallest absolute Gasteiger partial charge is 0.304 e. The van der Waals surface area contributed by atoms with Gasteiger partial charge in [0.1, 0.15) is 0 Å². The van der Waals surface area contributed by atoms with E-state index in [1.54, 1.807) is 17.9 Å². The number of hydrogen-bond acceptors (Lipinski definition) is 5. The molecule has 20 heavy (non-hydrogen) atoms. The summed E-state index contributed by atoms with van der Waals surface area (Å²) in [5, 5.41) is 11.5. The molecule has 0 saturated carbocycles. The van der Waals surface area contributed by atoms with Gasteiger partial charge >= 0.3 is 5.97 Å². The van der Waals surface area contributed by atoms with Gasteiger partial charge in [0.2, 0.25) is 5.91 Å². The van der Waals surface area contributed by atoms with Crippen molar-refractivity contribution in [3.63, 3.8) is 0 Å². The summed E-state index contributed by atoms with van der Waals surface area (Å²) >= 11 is 0. The maximum atomic E-state index is 11.9. The summed E-state index contributed by atoms with van der Waals surface area (Å²) in [6.07, 6.45) is 1.25. The summed E-state index contributed by atoms with van der Waals surface area (Å²) in [6, 6.07) is -1.24. The van der Waals surface area contributed by atoms with Crippen molar-refractivity contribution in [2.45, 2.75) is 25.4 Å². The van der Waals surface area contributed by atoms with E-state index >= 15 is 0 Å². The van der Waals surface area contributed by atoms with Gasteiger partial charge in [0.05, 0.1) is 24.0 Å². The summed E-state index contributed by atoms with van der Waals surface area (Å²) < 4.78 is 23.2. The Morgan fingerprint density at radius 1 is 1.55 bits per heavy atom. The van der Waals surface area contributed by atoms with Gasteiger partial charge in [-0.25, -0.2) is 8.42 Å². The van der Waals surface area contributed by atoms with Gasteiger partial charge < -0.3 is 10.4 Å². The lowest BCUT2D eigenvalue weighted by molar-refractivity contribution is -0.139. The fourth-order valence-corrected chi connectivity index (χ4v) is 3.81. The first kappa shape index (κ1) is 16.6. The molecule has 7 nitrogen and oxygen atoms in total. The van der Waals surface area contributed by atoms with Crippen LogP contribution in [0.2, 0.25) is 0 Å². The fraction of sp³-hybridized carbons (Fsp3) is 0.667. The number of carbonyl (C=O) groups is 2. The number of carboxylic acid groups (broad SMARTS) is 1. The molecule has 0 aromatic carbocycles. The molecule has 0 aromatic heterocycles. The minimum absolute atomic E-state index is 0.0534. The molecular formula is C12H20N2O5S. The SMILES string of the molecule is C=CCNC(=O)C(C)N1CCS(=O)(=O)CC1CC(=O)O. The first-order chi connectivity index (χ1) is 9.26. The molecule has 1 rings (SSSR count). The van der Waals surface area contributed by atoms with Gasteiger partial charge in [-0.2, -0.15) is 0 Å². The molecule has 8 heteroatoms. The Bertz CT molecular complexity index is 488. The molecule has 0 aromatic rings. The Balaban J connectivity index is 2.81. The van der Waals surface area contributed by atoms with Crippen LogP contribution >= 0.6 is 0 Å². The number of carbonyl (C=O) groups excluding carboxylic acids is 1. The van der Waals surface area contributed by atoms with Gasteiger partial charge in [-0.15, -0.1) is 6.58 Å². The van der Waals surface area contributed by atoms with Gasteiger partial charge in [0, 0.05) is 19.1 Å². The second kappa shape index (κ2) is 6.85. The van der Waals surface area contributed by atoms with Crippen LogP contribution in [-0.4, -0.2) is 67.0 Å². The van der Waals surface area contributed by atoms with E-state index in [1.807, 2.05) is 0 Å². The minimum atomic E-state index is -3.24. The number of carboxylic acids is 1. The second-order valence-electron chi connectivity index (χ2n) is 4.81. The molecule has 1 heterocycles. The lowest BCUT2D eigenvalue weighted by atomic mass is 10.1. The van der Waals surface area contributed by atoms with Gasteiger partial charge in [0.15, 0.2) is 9.84 Å². The quantitative estimate of drug-likeness (QED) is 0.626. The van der Waals surface area contributed by atoms with Crippen LogP contribution < -0.4 is 5.32 Å². The van der Waals surface area contributed by atoms with Crippen LogP contribution in [-0.2, 0) is 19.4 Å². The maximum Gasteiger partial charge on any atom is 0.304 e. The third kappa shape index (κ3) is 4.61. The Morgan fingerprint density at radius 3 is 2.75 bits per heavy atom. The average Bonchev–Trinajstić information content (AvgIpc) is 2.33. The molecule has 2 N–H and O–H groups in total. The summed E-state index contributed by atoms with van der Waals surface area (Å²) in [5.41, 5.74) is 0. The number of rotatable bonds is 6. The Kier molecular flexibility index (Phi) is 5.70. The molecule has 1 fully saturated rings. The number of amides is 1. The molecule has 1 amide bonds. The molecule has 0 aliphatic carbocycles. The van der Waals surface area contributed by atoms with Crippen molar-refractivity contribution in [3.8, 4) is 0 Å². The zero-order valence-corrected chi connectivity index (χ0v) is 12.2. The topological polar surface area (TPSA) is 104 Å². The van der Waals surface area contributed by atoms with E-state index in [0.29, 0.717) is 6.54 Å². The normalized spacial score (nSPS) is 23.8. The van der Waals surface area contributed by atoms with Crippen molar-refractivity contribution < 1.29 is 23.1 Å². The highest BCUT2D eigenvalue weighted by Gasteiger charge is 2.37. The van der Waals surface area contributed by atoms with Crippen LogP contribution in [0.1, 0.15) is 13.3 Å². The molecule has 0 radical (unpaired) electrons. The third-order valence-corrected chi connectivity index (χ3v) is 4.98. The minimum Gasteiger partial charge on any atom is -0.481 e.